The number of esters is 1. The van der Waals surface area contributed by atoms with Gasteiger partial charge in [-0.05, 0) is 43.9 Å². The second-order valence-corrected chi connectivity index (χ2v) is 9.41. The summed E-state index contributed by atoms with van der Waals surface area (Å²) in [5.74, 6) is -0.654. The van der Waals surface area contributed by atoms with E-state index in [0.29, 0.717) is 12.8 Å². The smallest absolute Gasteiger partial charge is 0.408 e. The fourth-order valence-corrected chi connectivity index (χ4v) is 3.94. The Hall–Kier alpha value is -3.35. The monoisotopic (exact) mass is 436 g/mol. The first-order chi connectivity index (χ1) is 15.2. The molecule has 2 amide bonds. The number of carbonyl (C=O) groups excluding carboxylic acids is 3. The summed E-state index contributed by atoms with van der Waals surface area (Å²) in [6, 6.07) is 17.2. The van der Waals surface area contributed by atoms with E-state index in [1.807, 2.05) is 54.6 Å². The van der Waals surface area contributed by atoms with E-state index < -0.39 is 23.2 Å². The highest BCUT2D eigenvalue weighted by atomic mass is 16.6. The average Bonchev–Trinajstić information content (AvgIpc) is 3.44. The number of rotatable bonds is 6. The number of β-lactam (4-membered cyclic amide) rings is 1. The predicted molar refractivity (Wildman–Crippen MR) is 118 cm³/mol. The second-order valence-electron chi connectivity index (χ2n) is 9.41. The summed E-state index contributed by atoms with van der Waals surface area (Å²) >= 11 is 0. The summed E-state index contributed by atoms with van der Waals surface area (Å²) < 4.78 is 11.0. The maximum Gasteiger partial charge on any atom is 0.408 e. The van der Waals surface area contributed by atoms with Crippen molar-refractivity contribution < 1.29 is 23.9 Å². The van der Waals surface area contributed by atoms with Crippen LogP contribution in [0.5, 0.6) is 0 Å². The molecule has 32 heavy (non-hydrogen) atoms. The van der Waals surface area contributed by atoms with Gasteiger partial charge in [0.05, 0.1) is 12.5 Å². The van der Waals surface area contributed by atoms with Crippen molar-refractivity contribution >= 4 is 18.0 Å². The molecule has 7 heteroatoms. The first kappa shape index (κ1) is 21.9. The predicted octanol–water partition coefficient (Wildman–Crippen LogP) is 3.74. The van der Waals surface area contributed by atoms with Crippen LogP contribution in [-0.2, 0) is 25.7 Å². The molecule has 0 radical (unpaired) electrons. The summed E-state index contributed by atoms with van der Waals surface area (Å²) in [5.41, 5.74) is 0.970. The Bertz CT molecular complexity index is 1000. The molecule has 3 atom stereocenters. The van der Waals surface area contributed by atoms with E-state index in [2.05, 4.69) is 10.6 Å². The SMILES string of the molecule is CC(C)(C)OC(=O)NC1(C(=O)OCc2ccccc2)CC1c1ccc(C2CC(=O)N2)cc1. The third-order valence-electron chi connectivity index (χ3n) is 5.73. The lowest BCUT2D eigenvalue weighted by Crippen LogP contribution is -2.47. The highest BCUT2D eigenvalue weighted by molar-refractivity contribution is 5.91. The quantitative estimate of drug-likeness (QED) is 0.531. The van der Waals surface area contributed by atoms with Gasteiger partial charge in [0.15, 0.2) is 0 Å². The van der Waals surface area contributed by atoms with Crippen LogP contribution in [0.2, 0.25) is 0 Å². The Labute approximate surface area is 187 Å². The zero-order chi connectivity index (χ0) is 22.9. The fraction of sp³-hybridized carbons (Fsp3) is 0.400. The Morgan fingerprint density at radius 2 is 1.69 bits per heavy atom. The van der Waals surface area contributed by atoms with Crippen LogP contribution in [0, 0.1) is 0 Å². The highest BCUT2D eigenvalue weighted by Gasteiger charge is 2.63. The molecular weight excluding hydrogens is 408 g/mol. The molecule has 0 spiro atoms. The van der Waals surface area contributed by atoms with Gasteiger partial charge in [0, 0.05) is 5.92 Å². The molecule has 3 unspecified atom stereocenters. The highest BCUT2D eigenvalue weighted by Crippen LogP contribution is 2.52. The molecule has 2 aliphatic rings. The minimum Gasteiger partial charge on any atom is -0.459 e. The molecule has 1 aliphatic carbocycles. The normalized spacial score (nSPS) is 24.0. The van der Waals surface area contributed by atoms with Gasteiger partial charge >= 0.3 is 12.1 Å². The lowest BCUT2D eigenvalue weighted by molar-refractivity contribution is -0.149. The van der Waals surface area contributed by atoms with Crippen LogP contribution >= 0.6 is 0 Å². The number of benzene rings is 2. The maximum atomic E-state index is 13.1. The lowest BCUT2D eigenvalue weighted by atomic mass is 9.95. The molecule has 2 N–H and O–H groups in total. The van der Waals surface area contributed by atoms with Crippen molar-refractivity contribution in [2.45, 2.75) is 63.3 Å². The molecule has 168 valence electrons. The molecule has 1 heterocycles. The molecule has 4 rings (SSSR count). The van der Waals surface area contributed by atoms with Crippen molar-refractivity contribution in [1.29, 1.82) is 0 Å². The van der Waals surface area contributed by atoms with E-state index in [1.54, 1.807) is 20.8 Å². The first-order valence-corrected chi connectivity index (χ1v) is 10.8. The van der Waals surface area contributed by atoms with Crippen molar-refractivity contribution in [2.75, 3.05) is 0 Å². The van der Waals surface area contributed by atoms with E-state index in [9.17, 15) is 14.4 Å². The van der Waals surface area contributed by atoms with Crippen LogP contribution in [0.4, 0.5) is 4.79 Å². The maximum absolute atomic E-state index is 13.1. The number of hydrogen-bond acceptors (Lipinski definition) is 5. The molecule has 0 bridgehead atoms. The van der Waals surface area contributed by atoms with Crippen LogP contribution in [0.25, 0.3) is 0 Å². The largest absolute Gasteiger partial charge is 0.459 e. The van der Waals surface area contributed by atoms with E-state index in [1.165, 1.54) is 0 Å². The topological polar surface area (TPSA) is 93.7 Å². The van der Waals surface area contributed by atoms with Gasteiger partial charge in [0.25, 0.3) is 0 Å². The Morgan fingerprint density at radius 1 is 1.06 bits per heavy atom. The third kappa shape index (κ3) is 4.77. The summed E-state index contributed by atoms with van der Waals surface area (Å²) in [6.45, 7) is 5.45. The Morgan fingerprint density at radius 3 is 2.28 bits per heavy atom. The van der Waals surface area contributed by atoms with Crippen LogP contribution < -0.4 is 10.6 Å². The standard InChI is InChI=1S/C25H28N2O5/c1-24(2,3)32-23(30)27-25(22(29)31-15-16-7-5-4-6-8-16)14-19(25)17-9-11-18(12-10-17)20-13-21(28)26-20/h4-12,19-20H,13-15H2,1-3H3,(H,26,28)(H,27,30). The fourth-order valence-electron chi connectivity index (χ4n) is 3.94. The Kier molecular flexibility index (Phi) is 5.67. The summed E-state index contributed by atoms with van der Waals surface area (Å²) in [4.78, 5) is 36.8. The molecule has 2 aromatic carbocycles. The van der Waals surface area contributed by atoms with Gasteiger partial charge in [-0.25, -0.2) is 9.59 Å². The molecule has 1 aliphatic heterocycles. The molecule has 1 saturated heterocycles. The van der Waals surface area contributed by atoms with E-state index in [-0.39, 0.29) is 24.5 Å². The van der Waals surface area contributed by atoms with Crippen LogP contribution in [0.15, 0.2) is 54.6 Å². The van der Waals surface area contributed by atoms with Crippen molar-refractivity contribution in [3.8, 4) is 0 Å². The van der Waals surface area contributed by atoms with E-state index in [4.69, 9.17) is 9.47 Å². The van der Waals surface area contributed by atoms with Gasteiger partial charge in [0.1, 0.15) is 17.7 Å². The van der Waals surface area contributed by atoms with E-state index >= 15 is 0 Å². The third-order valence-corrected chi connectivity index (χ3v) is 5.73. The Balaban J connectivity index is 1.49. The molecule has 1 saturated carbocycles. The van der Waals surface area contributed by atoms with Gasteiger partial charge in [-0.15, -0.1) is 0 Å². The second kappa shape index (κ2) is 8.30. The van der Waals surface area contributed by atoms with E-state index in [0.717, 1.165) is 16.7 Å². The number of alkyl carbamates (subject to hydrolysis) is 1. The van der Waals surface area contributed by atoms with Gasteiger partial charge in [0.2, 0.25) is 5.91 Å². The minimum atomic E-state index is -1.16. The van der Waals surface area contributed by atoms with Crippen LogP contribution in [0.3, 0.4) is 0 Å². The molecule has 2 aromatic rings. The summed E-state index contributed by atoms with van der Waals surface area (Å²) in [7, 11) is 0. The number of ether oxygens (including phenoxy) is 2. The first-order valence-electron chi connectivity index (χ1n) is 10.8. The van der Waals surface area contributed by atoms with Crippen LogP contribution in [-0.4, -0.2) is 29.1 Å². The average molecular weight is 437 g/mol. The minimum absolute atomic E-state index is 0.0382. The van der Waals surface area contributed by atoms with Gasteiger partial charge < -0.3 is 20.1 Å². The summed E-state index contributed by atoms with van der Waals surface area (Å²) in [6.07, 6.45) is 0.267. The van der Waals surface area contributed by atoms with Crippen molar-refractivity contribution in [3.63, 3.8) is 0 Å². The number of hydrogen-bond donors (Lipinski definition) is 2. The molecule has 7 nitrogen and oxygen atoms in total. The van der Waals surface area contributed by atoms with Gasteiger partial charge in [-0.3, -0.25) is 4.79 Å². The van der Waals surface area contributed by atoms with Crippen molar-refractivity contribution in [2.24, 2.45) is 0 Å². The molecule has 0 aromatic heterocycles. The van der Waals surface area contributed by atoms with Crippen molar-refractivity contribution in [1.82, 2.24) is 10.6 Å². The van der Waals surface area contributed by atoms with Gasteiger partial charge in [-0.1, -0.05) is 54.6 Å². The number of amides is 2. The summed E-state index contributed by atoms with van der Waals surface area (Å²) in [5, 5.41) is 5.63. The molecular formula is C25H28N2O5. The van der Waals surface area contributed by atoms with Gasteiger partial charge in [-0.2, -0.15) is 0 Å². The van der Waals surface area contributed by atoms with Crippen molar-refractivity contribution in [3.05, 3.63) is 71.3 Å². The van der Waals surface area contributed by atoms with Crippen LogP contribution in [0.1, 0.15) is 62.3 Å². The number of nitrogens with one attached hydrogen (secondary N) is 2. The number of carbonyl (C=O) groups is 3. The zero-order valence-corrected chi connectivity index (χ0v) is 18.5. The zero-order valence-electron chi connectivity index (χ0n) is 18.5. The lowest BCUT2D eigenvalue weighted by Gasteiger charge is -2.27. The molecule has 2 fully saturated rings.